The van der Waals surface area contributed by atoms with Crippen molar-refractivity contribution in [3.63, 3.8) is 0 Å². The molecule has 0 spiro atoms. The molecule has 1 saturated heterocycles. The zero-order valence-corrected chi connectivity index (χ0v) is 19.0. The summed E-state index contributed by atoms with van der Waals surface area (Å²) in [5.74, 6) is 2.55. The van der Waals surface area contributed by atoms with E-state index in [1.54, 1.807) is 26.0 Å². The number of rotatable bonds is 4. The predicted octanol–water partition coefficient (Wildman–Crippen LogP) is 4.11. The van der Waals surface area contributed by atoms with Crippen molar-refractivity contribution in [1.29, 1.82) is 0 Å². The summed E-state index contributed by atoms with van der Waals surface area (Å²) in [5.41, 5.74) is 2.85. The van der Waals surface area contributed by atoms with Crippen LogP contribution in [0.15, 0.2) is 18.2 Å². The van der Waals surface area contributed by atoms with E-state index in [1.165, 1.54) is 0 Å². The van der Waals surface area contributed by atoms with Gasteiger partial charge in [0.1, 0.15) is 5.82 Å². The van der Waals surface area contributed by atoms with Crippen LogP contribution in [0.25, 0.3) is 0 Å². The molecule has 3 heterocycles. The fourth-order valence-electron chi connectivity index (χ4n) is 4.36. The Hall–Kier alpha value is -2.19. The number of ether oxygens (including phenoxy) is 3. The molecule has 1 fully saturated rings. The molecule has 0 aliphatic carbocycles. The summed E-state index contributed by atoms with van der Waals surface area (Å²) in [6.07, 6.45) is 1.73. The van der Waals surface area contributed by atoms with Gasteiger partial charge in [-0.1, -0.05) is 6.07 Å². The van der Waals surface area contributed by atoms with Crippen molar-refractivity contribution >= 4 is 23.5 Å². The van der Waals surface area contributed by atoms with E-state index in [0.717, 1.165) is 35.5 Å². The summed E-state index contributed by atoms with van der Waals surface area (Å²) in [4.78, 5) is 12.6. The Morgan fingerprint density at radius 2 is 2.03 bits per heavy atom. The highest BCUT2D eigenvalue weighted by Crippen LogP contribution is 2.46. The molecular weight excluding hydrogens is 402 g/mol. The highest BCUT2D eigenvalue weighted by atomic mass is 32.2. The van der Waals surface area contributed by atoms with Crippen molar-refractivity contribution in [3.8, 4) is 11.5 Å². The van der Waals surface area contributed by atoms with Gasteiger partial charge in [0, 0.05) is 12.2 Å². The molecule has 2 atom stereocenters. The Morgan fingerprint density at radius 1 is 1.27 bits per heavy atom. The average molecular weight is 432 g/mol. The van der Waals surface area contributed by atoms with Gasteiger partial charge in [0.05, 0.1) is 42.6 Å². The second-order valence-corrected chi connectivity index (χ2v) is 9.49. The van der Waals surface area contributed by atoms with Crippen LogP contribution in [-0.2, 0) is 9.53 Å². The molecule has 1 amide bonds. The van der Waals surface area contributed by atoms with Crippen molar-refractivity contribution in [2.75, 3.05) is 31.9 Å². The number of thioether (sulfide) groups is 1. The van der Waals surface area contributed by atoms with Gasteiger partial charge in [0.25, 0.3) is 0 Å². The molecule has 1 aromatic heterocycles. The van der Waals surface area contributed by atoms with Crippen molar-refractivity contribution in [2.45, 2.75) is 50.5 Å². The lowest BCUT2D eigenvalue weighted by molar-refractivity contribution is -0.113. The fraction of sp³-hybridized carbons (Fsp3) is 0.545. The predicted molar refractivity (Wildman–Crippen MR) is 118 cm³/mol. The molecule has 0 unspecified atom stereocenters. The molecule has 8 heteroatoms. The smallest absolute Gasteiger partial charge is 0.235 e. The van der Waals surface area contributed by atoms with Gasteiger partial charge in [-0.05, 0) is 51.3 Å². The number of hydrogen-bond acceptors (Lipinski definition) is 6. The van der Waals surface area contributed by atoms with Gasteiger partial charge in [-0.3, -0.25) is 4.79 Å². The fourth-order valence-corrected chi connectivity index (χ4v) is 5.54. The normalized spacial score (nSPS) is 23.3. The van der Waals surface area contributed by atoms with Gasteiger partial charge < -0.3 is 19.5 Å². The third-order valence-corrected chi connectivity index (χ3v) is 7.03. The quantitative estimate of drug-likeness (QED) is 0.785. The number of nitrogens with zero attached hydrogens (tertiary/aromatic N) is 2. The van der Waals surface area contributed by atoms with Crippen molar-refractivity contribution in [1.82, 2.24) is 9.78 Å². The molecule has 0 saturated carbocycles. The van der Waals surface area contributed by atoms with Gasteiger partial charge in [-0.25, -0.2) is 4.68 Å². The van der Waals surface area contributed by atoms with E-state index in [2.05, 4.69) is 19.2 Å². The second-order valence-electron chi connectivity index (χ2n) is 8.40. The maximum absolute atomic E-state index is 12.6. The van der Waals surface area contributed by atoms with Gasteiger partial charge in [-0.2, -0.15) is 5.10 Å². The van der Waals surface area contributed by atoms with Gasteiger partial charge >= 0.3 is 0 Å². The standard InChI is InChI=1S/C22H29N3O4S/c1-13-19-20(14-6-7-16(27-4)17(10-14)28-5)30-12-18(26)23-21(19)25(24-13)15-8-9-29-22(2,3)11-15/h6-7,10,15,20H,8-9,11-12H2,1-5H3,(H,23,26)/t15-,20-/m0/s1. The van der Waals surface area contributed by atoms with Crippen LogP contribution in [0.3, 0.4) is 0 Å². The number of benzene rings is 1. The zero-order valence-electron chi connectivity index (χ0n) is 18.2. The highest BCUT2D eigenvalue weighted by Gasteiger charge is 2.36. The average Bonchev–Trinajstić information content (AvgIpc) is 2.92. The first kappa shape index (κ1) is 21.1. The van der Waals surface area contributed by atoms with Crippen LogP contribution in [0.2, 0.25) is 0 Å². The Balaban J connectivity index is 1.79. The van der Waals surface area contributed by atoms with E-state index in [1.807, 2.05) is 29.8 Å². The minimum Gasteiger partial charge on any atom is -0.493 e. The number of fused-ring (bicyclic) bond motifs is 1. The SMILES string of the molecule is COc1ccc([C@@H]2SCC(=O)Nc3c2c(C)nn3[C@H]2CCOC(C)(C)C2)cc1OC. The summed E-state index contributed by atoms with van der Waals surface area (Å²) in [6, 6.07) is 6.12. The molecule has 2 aromatic rings. The number of nitrogens with one attached hydrogen (secondary N) is 1. The van der Waals surface area contributed by atoms with Crippen LogP contribution in [0.5, 0.6) is 11.5 Å². The Bertz CT molecular complexity index is 956. The van der Waals surface area contributed by atoms with E-state index >= 15 is 0 Å². The molecule has 2 aliphatic rings. The van der Waals surface area contributed by atoms with Crippen LogP contribution in [0.1, 0.15) is 54.8 Å². The van der Waals surface area contributed by atoms with E-state index in [0.29, 0.717) is 23.9 Å². The second kappa shape index (κ2) is 8.15. The van der Waals surface area contributed by atoms with Crippen LogP contribution >= 0.6 is 11.8 Å². The van der Waals surface area contributed by atoms with Crippen molar-refractivity contribution < 1.29 is 19.0 Å². The maximum Gasteiger partial charge on any atom is 0.235 e. The molecule has 30 heavy (non-hydrogen) atoms. The highest BCUT2D eigenvalue weighted by molar-refractivity contribution is 8.00. The molecule has 7 nitrogen and oxygen atoms in total. The lowest BCUT2D eigenvalue weighted by Crippen LogP contribution is -2.36. The number of amides is 1. The molecule has 162 valence electrons. The van der Waals surface area contributed by atoms with Crippen LogP contribution in [-0.4, -0.2) is 47.9 Å². The minimum atomic E-state index is -0.206. The van der Waals surface area contributed by atoms with Crippen LogP contribution < -0.4 is 14.8 Å². The number of carbonyl (C=O) groups is 1. The molecule has 1 aromatic carbocycles. The summed E-state index contributed by atoms with van der Waals surface area (Å²) in [7, 11) is 3.26. The number of anilines is 1. The Morgan fingerprint density at radius 3 is 2.73 bits per heavy atom. The molecule has 2 aliphatic heterocycles. The van der Waals surface area contributed by atoms with Gasteiger partial charge in [0.2, 0.25) is 5.91 Å². The summed E-state index contributed by atoms with van der Waals surface area (Å²) >= 11 is 1.61. The maximum atomic E-state index is 12.6. The molecule has 1 N–H and O–H groups in total. The molecule has 4 rings (SSSR count). The zero-order chi connectivity index (χ0) is 21.5. The monoisotopic (exact) mass is 431 g/mol. The van der Waals surface area contributed by atoms with Crippen LogP contribution in [0, 0.1) is 6.92 Å². The van der Waals surface area contributed by atoms with E-state index in [4.69, 9.17) is 19.3 Å². The Labute approximate surface area is 181 Å². The van der Waals surface area contributed by atoms with Crippen molar-refractivity contribution in [2.24, 2.45) is 0 Å². The lowest BCUT2D eigenvalue weighted by Gasteiger charge is -2.36. The van der Waals surface area contributed by atoms with E-state index in [-0.39, 0.29) is 22.8 Å². The third-order valence-electron chi connectivity index (χ3n) is 5.76. The van der Waals surface area contributed by atoms with Crippen LogP contribution in [0.4, 0.5) is 5.82 Å². The first-order valence-corrected chi connectivity index (χ1v) is 11.2. The number of carbonyl (C=O) groups excluding carboxylic acids is 1. The summed E-state index contributed by atoms with van der Waals surface area (Å²) in [5, 5.41) is 7.99. The molecular formula is C22H29N3O4S. The van der Waals surface area contributed by atoms with Gasteiger partial charge in [-0.15, -0.1) is 11.8 Å². The first-order chi connectivity index (χ1) is 14.3. The van der Waals surface area contributed by atoms with Crippen molar-refractivity contribution in [3.05, 3.63) is 35.0 Å². The number of aryl methyl sites for hydroxylation is 1. The minimum absolute atomic E-state index is 0.00306. The largest absolute Gasteiger partial charge is 0.493 e. The molecule has 0 radical (unpaired) electrons. The number of methoxy groups -OCH3 is 2. The Kier molecular flexibility index (Phi) is 5.72. The topological polar surface area (TPSA) is 74.6 Å². The lowest BCUT2D eigenvalue weighted by atomic mass is 9.94. The first-order valence-electron chi connectivity index (χ1n) is 10.2. The summed E-state index contributed by atoms with van der Waals surface area (Å²) in [6.45, 7) is 6.92. The van der Waals surface area contributed by atoms with E-state index < -0.39 is 0 Å². The number of hydrogen-bond donors (Lipinski definition) is 1. The number of aromatic nitrogens is 2. The van der Waals surface area contributed by atoms with E-state index in [9.17, 15) is 4.79 Å². The van der Waals surface area contributed by atoms with Gasteiger partial charge in [0.15, 0.2) is 11.5 Å². The summed E-state index contributed by atoms with van der Waals surface area (Å²) < 4.78 is 18.8. The third kappa shape index (κ3) is 3.90. The molecule has 0 bridgehead atoms.